The fraction of sp³-hybridized carbons (Fsp3) is 0.200. The monoisotopic (exact) mass is 319 g/mol. The van der Waals surface area contributed by atoms with E-state index in [4.69, 9.17) is 0 Å². The van der Waals surface area contributed by atoms with Gasteiger partial charge in [-0.05, 0) is 41.3 Å². The largest absolute Gasteiger partial charge is 0.347 e. The molecule has 2 heterocycles. The quantitative estimate of drug-likeness (QED) is 0.781. The number of rotatable bonds is 5. The normalized spacial score (nSPS) is 10.6. The second-order valence-electron chi connectivity index (χ2n) is 5.81. The van der Waals surface area contributed by atoms with Crippen LogP contribution in [0.5, 0.6) is 0 Å². The van der Waals surface area contributed by atoms with Crippen molar-refractivity contribution in [3.63, 3.8) is 0 Å². The minimum Gasteiger partial charge on any atom is -0.347 e. The molecule has 0 aliphatic rings. The van der Waals surface area contributed by atoms with Crippen molar-refractivity contribution < 1.29 is 4.79 Å². The van der Waals surface area contributed by atoms with Gasteiger partial charge in [0.05, 0.1) is 0 Å². The van der Waals surface area contributed by atoms with Crippen molar-refractivity contribution >= 4 is 5.91 Å². The minimum atomic E-state index is -0.0719. The van der Waals surface area contributed by atoms with E-state index >= 15 is 0 Å². The molecule has 0 unspecified atom stereocenters. The van der Waals surface area contributed by atoms with Crippen LogP contribution in [-0.2, 0) is 20.0 Å². The summed E-state index contributed by atoms with van der Waals surface area (Å²) in [5.41, 5.74) is 5.11. The summed E-state index contributed by atoms with van der Waals surface area (Å²) in [7, 11) is 1.88. The van der Waals surface area contributed by atoms with Crippen molar-refractivity contribution in [2.45, 2.75) is 19.9 Å². The molecular formula is C20H21N3O. The Bertz CT molecular complexity index is 820. The van der Waals surface area contributed by atoms with Crippen LogP contribution in [0.1, 0.15) is 28.5 Å². The molecule has 24 heavy (non-hydrogen) atoms. The fourth-order valence-electron chi connectivity index (χ4n) is 2.66. The highest BCUT2D eigenvalue weighted by atomic mass is 16.1. The van der Waals surface area contributed by atoms with Crippen LogP contribution in [0.4, 0.5) is 0 Å². The van der Waals surface area contributed by atoms with Gasteiger partial charge in [0, 0.05) is 37.7 Å². The molecule has 0 saturated carbocycles. The highest BCUT2D eigenvalue weighted by molar-refractivity contribution is 5.94. The van der Waals surface area contributed by atoms with Crippen molar-refractivity contribution in [2.75, 3.05) is 0 Å². The predicted octanol–water partition coefficient (Wildman–Crippen LogP) is 3.58. The second kappa shape index (κ2) is 7.13. The Morgan fingerprint density at radius 2 is 1.71 bits per heavy atom. The first-order chi connectivity index (χ1) is 11.7. The highest BCUT2D eigenvalue weighted by Gasteiger charge is 2.12. The fourth-order valence-corrected chi connectivity index (χ4v) is 2.66. The molecule has 0 radical (unpaired) electrons. The number of aryl methyl sites for hydroxylation is 2. The van der Waals surface area contributed by atoms with Gasteiger partial charge in [-0.2, -0.15) is 0 Å². The van der Waals surface area contributed by atoms with Crippen molar-refractivity contribution in [3.05, 3.63) is 77.9 Å². The maximum atomic E-state index is 12.5. The van der Waals surface area contributed by atoms with Crippen molar-refractivity contribution in [3.8, 4) is 11.1 Å². The van der Waals surface area contributed by atoms with Gasteiger partial charge >= 0.3 is 0 Å². The standard InChI is InChI=1S/C20H21N3O/c1-3-15-4-6-16(7-5-15)13-22-20(24)19-12-18(14-23(19)2)17-8-10-21-11-9-17/h4-12,14H,3,13H2,1-2H3,(H,22,24). The smallest absolute Gasteiger partial charge is 0.268 e. The minimum absolute atomic E-state index is 0.0719. The third-order valence-electron chi connectivity index (χ3n) is 4.14. The Labute approximate surface area is 142 Å². The van der Waals surface area contributed by atoms with Gasteiger partial charge < -0.3 is 9.88 Å². The van der Waals surface area contributed by atoms with Crippen LogP contribution in [0.3, 0.4) is 0 Å². The van der Waals surface area contributed by atoms with Crippen LogP contribution in [0.2, 0.25) is 0 Å². The van der Waals surface area contributed by atoms with Crippen molar-refractivity contribution in [2.24, 2.45) is 7.05 Å². The van der Waals surface area contributed by atoms with E-state index in [1.54, 1.807) is 12.4 Å². The molecule has 0 aliphatic carbocycles. The van der Waals surface area contributed by atoms with Crippen LogP contribution in [0.25, 0.3) is 11.1 Å². The zero-order valence-electron chi connectivity index (χ0n) is 14.0. The second-order valence-corrected chi connectivity index (χ2v) is 5.81. The van der Waals surface area contributed by atoms with Crippen molar-refractivity contribution in [1.82, 2.24) is 14.9 Å². The molecule has 0 spiro atoms. The molecule has 122 valence electrons. The first-order valence-corrected chi connectivity index (χ1v) is 8.10. The SMILES string of the molecule is CCc1ccc(CNC(=O)c2cc(-c3ccncc3)cn2C)cc1. The van der Waals surface area contributed by atoms with E-state index in [2.05, 4.69) is 41.5 Å². The molecule has 3 rings (SSSR count). The summed E-state index contributed by atoms with van der Waals surface area (Å²) >= 11 is 0. The number of carbonyl (C=O) groups is 1. The maximum Gasteiger partial charge on any atom is 0.268 e. The Hall–Kier alpha value is -2.88. The van der Waals surface area contributed by atoms with Crippen LogP contribution in [-0.4, -0.2) is 15.5 Å². The number of hydrogen-bond acceptors (Lipinski definition) is 2. The molecule has 1 N–H and O–H groups in total. The number of pyridine rings is 1. The van der Waals surface area contributed by atoms with Crippen LogP contribution in [0.15, 0.2) is 61.1 Å². The van der Waals surface area contributed by atoms with Gasteiger partial charge in [0.25, 0.3) is 5.91 Å². The summed E-state index contributed by atoms with van der Waals surface area (Å²) in [6, 6.07) is 14.1. The number of benzene rings is 1. The lowest BCUT2D eigenvalue weighted by atomic mass is 10.1. The summed E-state index contributed by atoms with van der Waals surface area (Å²) in [4.78, 5) is 16.5. The predicted molar refractivity (Wildman–Crippen MR) is 95.6 cm³/mol. The van der Waals surface area contributed by atoms with E-state index in [0.29, 0.717) is 12.2 Å². The summed E-state index contributed by atoms with van der Waals surface area (Å²) < 4.78 is 1.85. The summed E-state index contributed by atoms with van der Waals surface area (Å²) in [6.45, 7) is 2.66. The number of nitrogens with one attached hydrogen (secondary N) is 1. The van der Waals surface area contributed by atoms with Gasteiger partial charge in [0.15, 0.2) is 0 Å². The van der Waals surface area contributed by atoms with Crippen LogP contribution < -0.4 is 5.32 Å². The Morgan fingerprint density at radius 1 is 1.04 bits per heavy atom. The van der Waals surface area contributed by atoms with Gasteiger partial charge in [-0.1, -0.05) is 31.2 Å². The Kier molecular flexibility index (Phi) is 4.75. The van der Waals surface area contributed by atoms with Gasteiger partial charge in [0.1, 0.15) is 5.69 Å². The molecule has 0 saturated heterocycles. The molecular weight excluding hydrogens is 298 g/mol. The summed E-state index contributed by atoms with van der Waals surface area (Å²) in [5, 5.41) is 2.99. The van der Waals surface area contributed by atoms with Crippen molar-refractivity contribution in [1.29, 1.82) is 0 Å². The maximum absolute atomic E-state index is 12.5. The Morgan fingerprint density at radius 3 is 2.38 bits per heavy atom. The molecule has 4 heteroatoms. The molecule has 3 aromatic rings. The lowest BCUT2D eigenvalue weighted by Gasteiger charge is -2.07. The molecule has 2 aromatic heterocycles. The highest BCUT2D eigenvalue weighted by Crippen LogP contribution is 2.21. The van der Waals surface area contributed by atoms with E-state index in [1.165, 1.54) is 5.56 Å². The molecule has 0 bridgehead atoms. The number of amides is 1. The Balaban J connectivity index is 1.69. The number of nitrogens with zero attached hydrogens (tertiary/aromatic N) is 2. The average Bonchev–Trinajstić information content (AvgIpc) is 3.03. The lowest BCUT2D eigenvalue weighted by Crippen LogP contribution is -2.24. The molecule has 0 fully saturated rings. The number of aromatic nitrogens is 2. The summed E-state index contributed by atoms with van der Waals surface area (Å²) in [6.07, 6.45) is 6.48. The topological polar surface area (TPSA) is 46.9 Å². The van der Waals surface area contributed by atoms with Gasteiger partial charge in [-0.15, -0.1) is 0 Å². The molecule has 1 amide bonds. The molecule has 1 aromatic carbocycles. The number of carbonyl (C=O) groups excluding carboxylic acids is 1. The molecule has 0 atom stereocenters. The lowest BCUT2D eigenvalue weighted by molar-refractivity contribution is 0.0943. The zero-order chi connectivity index (χ0) is 16.9. The average molecular weight is 319 g/mol. The van der Waals surface area contributed by atoms with Gasteiger partial charge in [-0.25, -0.2) is 0 Å². The van der Waals surface area contributed by atoms with E-state index < -0.39 is 0 Å². The molecule has 4 nitrogen and oxygen atoms in total. The van der Waals surface area contributed by atoms with Gasteiger partial charge in [0.2, 0.25) is 0 Å². The first-order valence-electron chi connectivity index (χ1n) is 8.10. The first kappa shape index (κ1) is 16.0. The van der Waals surface area contributed by atoms with E-state index in [1.807, 2.05) is 36.0 Å². The van der Waals surface area contributed by atoms with Gasteiger partial charge in [-0.3, -0.25) is 9.78 Å². The zero-order valence-corrected chi connectivity index (χ0v) is 14.0. The number of hydrogen-bond donors (Lipinski definition) is 1. The van der Waals surface area contributed by atoms with E-state index in [9.17, 15) is 4.79 Å². The third kappa shape index (κ3) is 3.54. The van der Waals surface area contributed by atoms with Crippen LogP contribution >= 0.6 is 0 Å². The van der Waals surface area contributed by atoms with Crippen LogP contribution in [0, 0.1) is 0 Å². The van der Waals surface area contributed by atoms with E-state index in [-0.39, 0.29) is 5.91 Å². The van der Waals surface area contributed by atoms with E-state index in [0.717, 1.165) is 23.1 Å². The molecule has 0 aliphatic heterocycles. The third-order valence-corrected chi connectivity index (χ3v) is 4.14. The summed E-state index contributed by atoms with van der Waals surface area (Å²) in [5.74, 6) is -0.0719.